The molecule has 0 heterocycles. The minimum Gasteiger partial charge on any atom is -0.251 e. The minimum atomic E-state index is -0.188. The van der Waals surface area contributed by atoms with E-state index in [1.54, 1.807) is 0 Å². The summed E-state index contributed by atoms with van der Waals surface area (Å²) in [4.78, 5) is 0. The van der Waals surface area contributed by atoms with Crippen molar-refractivity contribution in [3.05, 3.63) is 0 Å². The molecule has 0 saturated heterocycles. The topological polar surface area (TPSA) is 0 Å². The Kier molecular flexibility index (Phi) is 3.83. The Hall–Kier alpha value is -0.0700. The van der Waals surface area contributed by atoms with Gasteiger partial charge in [0.05, 0.1) is 6.67 Å². The fourth-order valence-electron chi connectivity index (χ4n) is 0.722. The second-order valence-electron chi connectivity index (χ2n) is 3.40. The summed E-state index contributed by atoms with van der Waals surface area (Å²) < 4.78 is 12.1. The number of halogens is 1. The number of alkyl halides is 1. The van der Waals surface area contributed by atoms with Crippen molar-refractivity contribution in [2.45, 2.75) is 40.0 Å². The Morgan fingerprint density at radius 2 is 1.89 bits per heavy atom. The molecular weight excluding hydrogens is 115 g/mol. The number of unbranched alkanes of at least 4 members (excludes halogenated alkanes) is 1. The fourth-order valence-corrected chi connectivity index (χ4v) is 0.722. The van der Waals surface area contributed by atoms with Crippen LogP contribution < -0.4 is 0 Å². The molecule has 0 aromatic heterocycles. The molecular formula is C8H17F. The fraction of sp³-hybridized carbons (Fsp3) is 1.00. The van der Waals surface area contributed by atoms with E-state index in [1.807, 2.05) is 13.8 Å². The summed E-state index contributed by atoms with van der Waals surface area (Å²) in [5.41, 5.74) is -0.0734. The molecule has 0 N–H and O–H groups in total. The summed E-state index contributed by atoms with van der Waals surface area (Å²) in [5, 5.41) is 0. The largest absolute Gasteiger partial charge is 0.251 e. The average Bonchev–Trinajstić information content (AvgIpc) is 1.84. The van der Waals surface area contributed by atoms with Crippen molar-refractivity contribution in [3.8, 4) is 0 Å². The standard InChI is InChI=1S/C8H17F/c1-4-5-6-8(2,3)7-9/h4-7H2,1-3H3. The average molecular weight is 132 g/mol. The Bertz CT molecular complexity index is 67.0. The van der Waals surface area contributed by atoms with Gasteiger partial charge >= 0.3 is 0 Å². The molecule has 0 saturated carbocycles. The lowest BCUT2D eigenvalue weighted by molar-refractivity contribution is 0.234. The Morgan fingerprint density at radius 3 is 2.22 bits per heavy atom. The van der Waals surface area contributed by atoms with Crippen LogP contribution in [0.3, 0.4) is 0 Å². The summed E-state index contributed by atoms with van der Waals surface area (Å²) in [5.74, 6) is 0. The van der Waals surface area contributed by atoms with E-state index in [4.69, 9.17) is 0 Å². The first-order chi connectivity index (χ1) is 4.12. The van der Waals surface area contributed by atoms with Gasteiger partial charge in [0.1, 0.15) is 0 Å². The van der Waals surface area contributed by atoms with Crippen molar-refractivity contribution < 1.29 is 4.39 Å². The Labute approximate surface area is 57.5 Å². The summed E-state index contributed by atoms with van der Waals surface area (Å²) in [7, 11) is 0. The van der Waals surface area contributed by atoms with Gasteiger partial charge in [-0.05, 0) is 11.8 Å². The maximum absolute atomic E-state index is 12.1. The van der Waals surface area contributed by atoms with Gasteiger partial charge in [-0.3, -0.25) is 4.39 Å². The zero-order valence-corrected chi connectivity index (χ0v) is 6.71. The van der Waals surface area contributed by atoms with Gasteiger partial charge in [-0.2, -0.15) is 0 Å². The van der Waals surface area contributed by atoms with E-state index >= 15 is 0 Å². The van der Waals surface area contributed by atoms with Crippen LogP contribution in [0.5, 0.6) is 0 Å². The lowest BCUT2D eigenvalue weighted by Crippen LogP contribution is -2.12. The van der Waals surface area contributed by atoms with E-state index in [2.05, 4.69) is 6.92 Å². The molecule has 0 amide bonds. The molecule has 0 aromatic rings. The first-order valence-corrected chi connectivity index (χ1v) is 3.68. The van der Waals surface area contributed by atoms with Crippen LogP contribution in [0.15, 0.2) is 0 Å². The smallest absolute Gasteiger partial charge is 0.0945 e. The van der Waals surface area contributed by atoms with E-state index < -0.39 is 0 Å². The van der Waals surface area contributed by atoms with Gasteiger partial charge in [0, 0.05) is 0 Å². The van der Waals surface area contributed by atoms with Gasteiger partial charge in [0.2, 0.25) is 0 Å². The van der Waals surface area contributed by atoms with Gasteiger partial charge < -0.3 is 0 Å². The van der Waals surface area contributed by atoms with Crippen LogP contribution in [-0.4, -0.2) is 6.67 Å². The molecule has 56 valence electrons. The van der Waals surface area contributed by atoms with Crippen LogP contribution in [-0.2, 0) is 0 Å². The molecule has 0 aromatic carbocycles. The SMILES string of the molecule is CCCCC(C)(C)CF. The molecule has 0 fully saturated rings. The van der Waals surface area contributed by atoms with Crippen LogP contribution in [0.1, 0.15) is 40.0 Å². The van der Waals surface area contributed by atoms with E-state index in [0.29, 0.717) is 0 Å². The highest BCUT2D eigenvalue weighted by Crippen LogP contribution is 2.22. The summed E-state index contributed by atoms with van der Waals surface area (Å²) in [6, 6.07) is 0. The van der Waals surface area contributed by atoms with Gasteiger partial charge in [-0.15, -0.1) is 0 Å². The van der Waals surface area contributed by atoms with Crippen molar-refractivity contribution in [1.82, 2.24) is 0 Å². The lowest BCUT2D eigenvalue weighted by Gasteiger charge is -2.18. The maximum Gasteiger partial charge on any atom is 0.0945 e. The first-order valence-electron chi connectivity index (χ1n) is 3.68. The highest BCUT2D eigenvalue weighted by Gasteiger charge is 2.15. The van der Waals surface area contributed by atoms with Gasteiger partial charge in [0.15, 0.2) is 0 Å². The van der Waals surface area contributed by atoms with Crippen molar-refractivity contribution >= 4 is 0 Å². The lowest BCUT2D eigenvalue weighted by atomic mass is 9.89. The molecule has 0 atom stereocenters. The van der Waals surface area contributed by atoms with Crippen molar-refractivity contribution in [2.24, 2.45) is 5.41 Å². The second-order valence-corrected chi connectivity index (χ2v) is 3.40. The van der Waals surface area contributed by atoms with Crippen molar-refractivity contribution in [2.75, 3.05) is 6.67 Å². The first kappa shape index (κ1) is 8.93. The van der Waals surface area contributed by atoms with Crippen LogP contribution in [0.4, 0.5) is 4.39 Å². The summed E-state index contributed by atoms with van der Waals surface area (Å²) >= 11 is 0. The monoisotopic (exact) mass is 132 g/mol. The van der Waals surface area contributed by atoms with Crippen LogP contribution in [0.25, 0.3) is 0 Å². The molecule has 9 heavy (non-hydrogen) atoms. The van der Waals surface area contributed by atoms with E-state index in [-0.39, 0.29) is 12.1 Å². The molecule has 0 radical (unpaired) electrons. The zero-order valence-electron chi connectivity index (χ0n) is 6.71. The van der Waals surface area contributed by atoms with Crippen molar-refractivity contribution in [3.63, 3.8) is 0 Å². The highest BCUT2D eigenvalue weighted by molar-refractivity contribution is 4.65. The molecule has 0 bridgehead atoms. The Morgan fingerprint density at radius 1 is 1.33 bits per heavy atom. The maximum atomic E-state index is 12.1. The number of hydrogen-bond acceptors (Lipinski definition) is 0. The molecule has 0 aliphatic carbocycles. The quantitative estimate of drug-likeness (QED) is 0.551. The summed E-state index contributed by atoms with van der Waals surface area (Å²) in [6.07, 6.45) is 3.33. The second kappa shape index (κ2) is 3.86. The molecule has 0 nitrogen and oxygen atoms in total. The molecule has 0 aliphatic rings. The van der Waals surface area contributed by atoms with Crippen LogP contribution in [0.2, 0.25) is 0 Å². The Balaban J connectivity index is 3.33. The highest BCUT2D eigenvalue weighted by atomic mass is 19.1. The predicted molar refractivity (Wildman–Crippen MR) is 39.3 cm³/mol. The third-order valence-corrected chi connectivity index (χ3v) is 1.57. The normalized spacial score (nSPS) is 12.0. The molecule has 0 aliphatic heterocycles. The molecule has 0 unspecified atom stereocenters. The summed E-state index contributed by atoms with van der Waals surface area (Å²) in [6.45, 7) is 5.90. The minimum absolute atomic E-state index is 0.0734. The molecule has 1 heteroatoms. The van der Waals surface area contributed by atoms with Crippen LogP contribution in [0, 0.1) is 5.41 Å². The van der Waals surface area contributed by atoms with E-state index in [0.717, 1.165) is 12.8 Å². The van der Waals surface area contributed by atoms with Crippen LogP contribution >= 0.6 is 0 Å². The van der Waals surface area contributed by atoms with E-state index in [1.165, 1.54) is 6.42 Å². The van der Waals surface area contributed by atoms with Crippen molar-refractivity contribution in [1.29, 1.82) is 0 Å². The zero-order chi connectivity index (χ0) is 7.33. The van der Waals surface area contributed by atoms with E-state index in [9.17, 15) is 4.39 Å². The number of rotatable bonds is 4. The van der Waals surface area contributed by atoms with Gasteiger partial charge in [0.25, 0.3) is 0 Å². The number of hydrogen-bond donors (Lipinski definition) is 0. The molecule has 0 spiro atoms. The van der Waals surface area contributed by atoms with Gasteiger partial charge in [-0.25, -0.2) is 0 Å². The third kappa shape index (κ3) is 4.43. The predicted octanol–water partition coefficient (Wildman–Crippen LogP) is 3.17. The molecule has 0 rings (SSSR count). The third-order valence-electron chi connectivity index (χ3n) is 1.57. The van der Waals surface area contributed by atoms with Gasteiger partial charge in [-0.1, -0.05) is 33.6 Å².